The molecule has 1 aliphatic rings. The van der Waals surface area contributed by atoms with Gasteiger partial charge in [-0.2, -0.15) is 5.26 Å². The van der Waals surface area contributed by atoms with Crippen molar-refractivity contribution in [1.82, 2.24) is 10.2 Å². The molecule has 3 rings (SSSR count). The summed E-state index contributed by atoms with van der Waals surface area (Å²) >= 11 is 0. The minimum Gasteiger partial charge on any atom is -0.452 e. The van der Waals surface area contributed by atoms with Crippen molar-refractivity contribution in [1.29, 1.82) is 5.26 Å². The highest BCUT2D eigenvalue weighted by atomic mass is 16.5. The fraction of sp³-hybridized carbons (Fsp3) is 0.292. The molecule has 1 saturated heterocycles. The summed E-state index contributed by atoms with van der Waals surface area (Å²) in [5.74, 6) is -1.50. The predicted octanol–water partition coefficient (Wildman–Crippen LogP) is 2.46. The van der Waals surface area contributed by atoms with E-state index in [4.69, 9.17) is 10.00 Å². The number of amides is 4. The van der Waals surface area contributed by atoms with Gasteiger partial charge in [-0.1, -0.05) is 18.2 Å². The number of esters is 1. The van der Waals surface area contributed by atoms with Crippen LogP contribution in [0.3, 0.4) is 0 Å². The molecule has 0 saturated carbocycles. The molecule has 2 aromatic carbocycles. The molecule has 1 N–H and O–H groups in total. The number of rotatable bonds is 8. The average Bonchev–Trinajstić information content (AvgIpc) is 3.09. The van der Waals surface area contributed by atoms with E-state index in [1.165, 1.54) is 17.0 Å². The maximum Gasteiger partial charge on any atom is 0.338 e. The lowest BCUT2D eigenvalue weighted by Gasteiger charge is -2.22. The number of ether oxygens (including phenoxy) is 1. The zero-order chi connectivity index (χ0) is 24.0. The number of benzene rings is 2. The molecule has 4 amide bonds. The third-order valence-corrected chi connectivity index (χ3v) is 5.03. The highest BCUT2D eigenvalue weighted by molar-refractivity contribution is 6.02. The number of carbonyl (C=O) groups is 4. The van der Waals surface area contributed by atoms with Gasteiger partial charge in [-0.05, 0) is 54.8 Å². The highest BCUT2D eigenvalue weighted by Gasteiger charge is 2.28. The molecule has 0 bridgehead atoms. The highest BCUT2D eigenvalue weighted by Crippen LogP contribution is 2.20. The van der Waals surface area contributed by atoms with Crippen LogP contribution >= 0.6 is 0 Å². The first kappa shape index (κ1) is 23.5. The van der Waals surface area contributed by atoms with Crippen molar-refractivity contribution in [2.75, 3.05) is 24.6 Å². The largest absolute Gasteiger partial charge is 0.452 e. The van der Waals surface area contributed by atoms with Crippen LogP contribution < -0.4 is 10.2 Å². The molecule has 33 heavy (non-hydrogen) atoms. The second-order valence-electron chi connectivity index (χ2n) is 7.71. The minimum absolute atomic E-state index is 0.0271. The number of nitrogens with zero attached hydrogens (tertiary/aromatic N) is 3. The predicted molar refractivity (Wildman–Crippen MR) is 119 cm³/mol. The van der Waals surface area contributed by atoms with Crippen LogP contribution in [-0.2, 0) is 20.9 Å². The summed E-state index contributed by atoms with van der Waals surface area (Å²) in [4.78, 5) is 51.4. The Hall–Kier alpha value is -4.19. The molecule has 1 fully saturated rings. The van der Waals surface area contributed by atoms with Crippen LogP contribution in [0.1, 0.15) is 33.5 Å². The normalized spacial score (nSPS) is 12.8. The van der Waals surface area contributed by atoms with Gasteiger partial charge in [-0.25, -0.2) is 9.59 Å². The number of anilines is 1. The molecule has 1 heterocycles. The van der Waals surface area contributed by atoms with Crippen LogP contribution in [0, 0.1) is 25.2 Å². The van der Waals surface area contributed by atoms with Gasteiger partial charge in [0.2, 0.25) is 5.91 Å². The quantitative estimate of drug-likeness (QED) is 0.489. The zero-order valence-corrected chi connectivity index (χ0v) is 18.5. The second-order valence-corrected chi connectivity index (χ2v) is 7.71. The van der Waals surface area contributed by atoms with Gasteiger partial charge >= 0.3 is 12.0 Å². The SMILES string of the molecule is Cc1cc(C)cc(N(CCC#N)C(=O)COC(=O)c2cccc(CN3C(=O)CNC3=O)c2)c1. The van der Waals surface area contributed by atoms with Crippen LogP contribution in [0.4, 0.5) is 10.5 Å². The lowest BCUT2D eigenvalue weighted by molar-refractivity contribution is -0.125. The maximum absolute atomic E-state index is 12.8. The Labute approximate surface area is 191 Å². The molecule has 0 radical (unpaired) electrons. The van der Waals surface area contributed by atoms with Gasteiger partial charge in [-0.3, -0.25) is 14.5 Å². The number of hydrogen-bond acceptors (Lipinski definition) is 6. The smallest absolute Gasteiger partial charge is 0.338 e. The number of carbonyl (C=O) groups excluding carboxylic acids is 4. The van der Waals surface area contributed by atoms with Crippen molar-refractivity contribution < 1.29 is 23.9 Å². The number of imide groups is 1. The first-order chi connectivity index (χ1) is 15.8. The monoisotopic (exact) mass is 448 g/mol. The van der Waals surface area contributed by atoms with E-state index in [1.54, 1.807) is 12.1 Å². The second kappa shape index (κ2) is 10.4. The van der Waals surface area contributed by atoms with E-state index in [1.807, 2.05) is 38.1 Å². The molecule has 0 spiro atoms. The van der Waals surface area contributed by atoms with E-state index in [2.05, 4.69) is 5.32 Å². The Morgan fingerprint density at radius 3 is 2.52 bits per heavy atom. The Morgan fingerprint density at radius 1 is 1.15 bits per heavy atom. The van der Waals surface area contributed by atoms with Gasteiger partial charge in [0.25, 0.3) is 5.91 Å². The Bertz CT molecular complexity index is 1100. The van der Waals surface area contributed by atoms with Gasteiger partial charge in [-0.15, -0.1) is 0 Å². The lowest BCUT2D eigenvalue weighted by Crippen LogP contribution is -2.35. The first-order valence-corrected chi connectivity index (χ1v) is 10.4. The molecule has 1 aliphatic heterocycles. The van der Waals surface area contributed by atoms with Crippen molar-refractivity contribution in [3.63, 3.8) is 0 Å². The molecule has 0 unspecified atom stereocenters. The van der Waals surface area contributed by atoms with Crippen LogP contribution in [0.25, 0.3) is 0 Å². The van der Waals surface area contributed by atoms with E-state index in [0.717, 1.165) is 16.0 Å². The van der Waals surface area contributed by atoms with E-state index >= 15 is 0 Å². The standard InChI is InChI=1S/C24H24N4O5/c1-16-9-17(2)11-20(10-16)27(8-4-7-25)22(30)15-33-23(31)19-6-3-5-18(12-19)14-28-21(29)13-26-24(28)32/h3,5-6,9-12H,4,8,13-15H2,1-2H3,(H,26,32). The van der Waals surface area contributed by atoms with E-state index < -0.39 is 24.5 Å². The number of aryl methyl sites for hydroxylation is 2. The van der Waals surface area contributed by atoms with Gasteiger partial charge in [0.15, 0.2) is 6.61 Å². The summed E-state index contributed by atoms with van der Waals surface area (Å²) in [5.41, 5.74) is 3.35. The van der Waals surface area contributed by atoms with E-state index in [0.29, 0.717) is 11.3 Å². The van der Waals surface area contributed by atoms with Crippen molar-refractivity contribution in [3.8, 4) is 6.07 Å². The summed E-state index contributed by atoms with van der Waals surface area (Å²) in [6, 6.07) is 13.5. The number of nitrogens with one attached hydrogen (secondary N) is 1. The zero-order valence-electron chi connectivity index (χ0n) is 18.5. The van der Waals surface area contributed by atoms with Crippen LogP contribution in [0.5, 0.6) is 0 Å². The first-order valence-electron chi connectivity index (χ1n) is 10.4. The molecule has 170 valence electrons. The number of nitriles is 1. The third-order valence-electron chi connectivity index (χ3n) is 5.03. The van der Waals surface area contributed by atoms with Crippen molar-refractivity contribution in [2.45, 2.75) is 26.8 Å². The molecule has 9 nitrogen and oxygen atoms in total. The van der Waals surface area contributed by atoms with Crippen molar-refractivity contribution in [3.05, 3.63) is 64.7 Å². The van der Waals surface area contributed by atoms with Gasteiger partial charge in [0.1, 0.15) is 0 Å². The Balaban J connectivity index is 1.67. The topological polar surface area (TPSA) is 120 Å². The number of urea groups is 1. The fourth-order valence-corrected chi connectivity index (χ4v) is 3.55. The summed E-state index contributed by atoms with van der Waals surface area (Å²) < 4.78 is 5.23. The van der Waals surface area contributed by atoms with Crippen LogP contribution in [0.15, 0.2) is 42.5 Å². The van der Waals surface area contributed by atoms with Crippen molar-refractivity contribution >= 4 is 29.5 Å². The molecule has 0 aromatic heterocycles. The lowest BCUT2D eigenvalue weighted by atomic mass is 10.1. The summed E-state index contributed by atoms with van der Waals surface area (Å²) in [6.07, 6.45) is 0.136. The van der Waals surface area contributed by atoms with Crippen LogP contribution in [0.2, 0.25) is 0 Å². The van der Waals surface area contributed by atoms with Gasteiger partial charge in [0, 0.05) is 12.2 Å². The molecular formula is C24H24N4O5. The Kier molecular flexibility index (Phi) is 7.41. The van der Waals surface area contributed by atoms with Crippen LogP contribution in [-0.4, -0.2) is 48.4 Å². The molecule has 9 heteroatoms. The molecule has 2 aromatic rings. The summed E-state index contributed by atoms with van der Waals surface area (Å²) in [5, 5.41) is 11.4. The fourth-order valence-electron chi connectivity index (χ4n) is 3.55. The summed E-state index contributed by atoms with van der Waals surface area (Å²) in [7, 11) is 0. The van der Waals surface area contributed by atoms with Gasteiger partial charge < -0.3 is 15.0 Å². The van der Waals surface area contributed by atoms with Gasteiger partial charge in [0.05, 0.1) is 31.1 Å². The van der Waals surface area contributed by atoms with E-state index in [9.17, 15) is 19.2 Å². The molecular weight excluding hydrogens is 424 g/mol. The Morgan fingerprint density at radius 2 is 1.88 bits per heavy atom. The van der Waals surface area contributed by atoms with Crippen molar-refractivity contribution in [2.24, 2.45) is 0 Å². The van der Waals surface area contributed by atoms with E-state index in [-0.39, 0.29) is 37.5 Å². The third kappa shape index (κ3) is 5.95. The minimum atomic E-state index is -0.706. The molecule has 0 aliphatic carbocycles. The number of hydrogen-bond donors (Lipinski definition) is 1. The average molecular weight is 448 g/mol. The molecule has 0 atom stereocenters. The maximum atomic E-state index is 12.8. The summed E-state index contributed by atoms with van der Waals surface area (Å²) in [6.45, 7) is 3.49.